The molecule has 272 valence electrons. The third-order valence-corrected chi connectivity index (χ3v) is 12.6. The van der Waals surface area contributed by atoms with Crippen LogP contribution in [0.1, 0.15) is 0 Å². The Hall–Kier alpha value is -7.26. The predicted molar refractivity (Wildman–Crippen MR) is 251 cm³/mol. The van der Waals surface area contributed by atoms with Gasteiger partial charge >= 0.3 is 0 Å². The van der Waals surface area contributed by atoms with Crippen LogP contribution in [0, 0.1) is 0 Å². The first-order chi connectivity index (χ1) is 28.7. The molecule has 0 aliphatic heterocycles. The Morgan fingerprint density at radius 2 is 0.810 bits per heavy atom. The SMILES string of the molecule is c1cc(-c2cccc(N(c3ccc(-c4cccc5ccccc45)cc3)c3cccc(-c4ccc5ccccc5c4)c3)c2)cc(-c2cccc3c2sc2ccccc23)c1. The van der Waals surface area contributed by atoms with E-state index in [0.717, 1.165) is 17.1 Å². The van der Waals surface area contributed by atoms with Crippen molar-refractivity contribution in [3.63, 3.8) is 0 Å². The third kappa shape index (κ3) is 6.12. The van der Waals surface area contributed by atoms with E-state index in [9.17, 15) is 0 Å². The predicted octanol–water partition coefficient (Wildman–Crippen LogP) is 16.5. The number of rotatable bonds is 7. The molecule has 1 heterocycles. The van der Waals surface area contributed by atoms with Crippen LogP contribution in [-0.4, -0.2) is 0 Å². The van der Waals surface area contributed by atoms with Gasteiger partial charge in [0.15, 0.2) is 0 Å². The number of hydrogen-bond acceptors (Lipinski definition) is 2. The summed E-state index contributed by atoms with van der Waals surface area (Å²) >= 11 is 1.88. The van der Waals surface area contributed by atoms with Crippen molar-refractivity contribution >= 4 is 70.1 Å². The minimum absolute atomic E-state index is 1.10. The van der Waals surface area contributed by atoms with E-state index in [1.54, 1.807) is 0 Å². The highest BCUT2D eigenvalue weighted by atomic mass is 32.1. The van der Waals surface area contributed by atoms with Gasteiger partial charge in [0.05, 0.1) is 0 Å². The van der Waals surface area contributed by atoms with Gasteiger partial charge in [0.2, 0.25) is 0 Å². The molecule has 0 amide bonds. The van der Waals surface area contributed by atoms with Gasteiger partial charge in [-0.15, -0.1) is 11.3 Å². The quantitative estimate of drug-likeness (QED) is 0.157. The molecule has 0 aliphatic carbocycles. The van der Waals surface area contributed by atoms with Gasteiger partial charge in [-0.1, -0.05) is 170 Å². The van der Waals surface area contributed by atoms with Crippen molar-refractivity contribution < 1.29 is 0 Å². The second-order valence-corrected chi connectivity index (χ2v) is 16.0. The lowest BCUT2D eigenvalue weighted by Gasteiger charge is -2.27. The van der Waals surface area contributed by atoms with Crippen LogP contribution in [0.2, 0.25) is 0 Å². The standard InChI is InChI=1S/C56H37NS/c1-2-14-41-34-45(29-28-38(41)12-1)44-18-9-21-49(37-44)57(47-32-30-40(31-33-47)51-24-10-15-39-13-3-4-22-50(39)51)48-20-8-17-43(36-48)42-16-7-19-46(35-42)52-25-11-26-54-53-23-5-6-27-55(53)58-56(52)54/h1-37H. The molecule has 2 heteroatoms. The number of fused-ring (bicyclic) bond motifs is 5. The van der Waals surface area contributed by atoms with E-state index < -0.39 is 0 Å². The van der Waals surface area contributed by atoms with Crippen molar-refractivity contribution in [3.8, 4) is 44.5 Å². The highest BCUT2D eigenvalue weighted by Crippen LogP contribution is 2.43. The Morgan fingerprint density at radius 3 is 1.60 bits per heavy atom. The molecule has 0 fully saturated rings. The van der Waals surface area contributed by atoms with Gasteiger partial charge in [-0.05, 0) is 121 Å². The van der Waals surface area contributed by atoms with Gasteiger partial charge in [-0.25, -0.2) is 0 Å². The van der Waals surface area contributed by atoms with Crippen LogP contribution in [0.5, 0.6) is 0 Å². The molecular weight excluding hydrogens is 719 g/mol. The van der Waals surface area contributed by atoms with Crippen LogP contribution in [-0.2, 0) is 0 Å². The van der Waals surface area contributed by atoms with Crippen LogP contribution in [0.15, 0.2) is 224 Å². The zero-order valence-electron chi connectivity index (χ0n) is 31.7. The van der Waals surface area contributed by atoms with Crippen LogP contribution in [0.4, 0.5) is 17.1 Å². The normalized spacial score (nSPS) is 11.4. The molecular formula is C56H37NS. The second kappa shape index (κ2) is 14.4. The zero-order chi connectivity index (χ0) is 38.4. The molecule has 0 spiro atoms. The fraction of sp³-hybridized carbons (Fsp3) is 0. The summed E-state index contributed by atoms with van der Waals surface area (Å²) in [6.07, 6.45) is 0. The van der Waals surface area contributed by atoms with Crippen LogP contribution in [0.3, 0.4) is 0 Å². The lowest BCUT2D eigenvalue weighted by atomic mass is 9.97. The third-order valence-electron chi connectivity index (χ3n) is 11.4. The Bertz CT molecular complexity index is 3290. The van der Waals surface area contributed by atoms with Crippen LogP contribution >= 0.6 is 11.3 Å². The topological polar surface area (TPSA) is 3.24 Å². The van der Waals surface area contributed by atoms with Crippen LogP contribution < -0.4 is 4.90 Å². The highest BCUT2D eigenvalue weighted by molar-refractivity contribution is 7.26. The summed E-state index contributed by atoms with van der Waals surface area (Å²) in [4.78, 5) is 2.39. The molecule has 0 bridgehead atoms. The second-order valence-electron chi connectivity index (χ2n) is 14.9. The summed E-state index contributed by atoms with van der Waals surface area (Å²) < 4.78 is 2.66. The van der Waals surface area contributed by atoms with E-state index in [4.69, 9.17) is 0 Å². The van der Waals surface area contributed by atoms with E-state index in [1.807, 2.05) is 11.3 Å². The lowest BCUT2D eigenvalue weighted by molar-refractivity contribution is 1.28. The van der Waals surface area contributed by atoms with Crippen molar-refractivity contribution in [2.45, 2.75) is 0 Å². The van der Waals surface area contributed by atoms with Gasteiger partial charge in [0.1, 0.15) is 0 Å². The molecule has 58 heavy (non-hydrogen) atoms. The van der Waals surface area contributed by atoms with E-state index >= 15 is 0 Å². The average molecular weight is 756 g/mol. The molecule has 1 aromatic heterocycles. The molecule has 11 aromatic rings. The Morgan fingerprint density at radius 1 is 0.276 bits per heavy atom. The molecule has 11 rings (SSSR count). The largest absolute Gasteiger partial charge is 0.310 e. The van der Waals surface area contributed by atoms with Gasteiger partial charge in [0.25, 0.3) is 0 Å². The summed E-state index contributed by atoms with van der Waals surface area (Å²) in [5.41, 5.74) is 13.0. The summed E-state index contributed by atoms with van der Waals surface area (Å²) in [6.45, 7) is 0. The minimum Gasteiger partial charge on any atom is -0.310 e. The summed E-state index contributed by atoms with van der Waals surface area (Å²) in [6, 6.07) is 82.0. The van der Waals surface area contributed by atoms with Gasteiger partial charge < -0.3 is 4.90 Å². The van der Waals surface area contributed by atoms with E-state index in [2.05, 4.69) is 229 Å². The molecule has 0 radical (unpaired) electrons. The monoisotopic (exact) mass is 755 g/mol. The van der Waals surface area contributed by atoms with E-state index in [-0.39, 0.29) is 0 Å². The van der Waals surface area contributed by atoms with Crippen molar-refractivity contribution in [1.29, 1.82) is 0 Å². The van der Waals surface area contributed by atoms with Crippen molar-refractivity contribution in [2.75, 3.05) is 4.90 Å². The summed E-state index contributed by atoms with van der Waals surface area (Å²) in [7, 11) is 0. The van der Waals surface area contributed by atoms with Crippen molar-refractivity contribution in [1.82, 2.24) is 0 Å². The van der Waals surface area contributed by atoms with E-state index in [0.29, 0.717) is 0 Å². The number of benzene rings is 10. The van der Waals surface area contributed by atoms with Gasteiger partial charge in [-0.2, -0.15) is 0 Å². The van der Waals surface area contributed by atoms with E-state index in [1.165, 1.54) is 86.2 Å². The molecule has 0 saturated carbocycles. The first-order valence-electron chi connectivity index (χ1n) is 19.8. The molecule has 10 aromatic carbocycles. The first-order valence-corrected chi connectivity index (χ1v) is 20.6. The Balaban J connectivity index is 1.02. The van der Waals surface area contributed by atoms with Crippen molar-refractivity contribution in [2.24, 2.45) is 0 Å². The lowest BCUT2D eigenvalue weighted by Crippen LogP contribution is -2.10. The molecule has 0 unspecified atom stereocenters. The maximum atomic E-state index is 2.39. The number of anilines is 3. The maximum absolute atomic E-state index is 2.39. The first kappa shape index (κ1) is 34.0. The van der Waals surface area contributed by atoms with Crippen LogP contribution in [0.25, 0.3) is 86.2 Å². The zero-order valence-corrected chi connectivity index (χ0v) is 32.5. The summed E-state index contributed by atoms with van der Waals surface area (Å²) in [5, 5.41) is 7.64. The Labute approximate surface area is 342 Å². The fourth-order valence-corrected chi connectivity index (χ4v) is 9.81. The summed E-state index contributed by atoms with van der Waals surface area (Å²) in [5.74, 6) is 0. The smallest absolute Gasteiger partial charge is 0.0467 e. The van der Waals surface area contributed by atoms with Gasteiger partial charge in [-0.3, -0.25) is 0 Å². The molecule has 0 aliphatic rings. The molecule has 1 nitrogen and oxygen atoms in total. The molecule has 0 N–H and O–H groups in total. The van der Waals surface area contributed by atoms with Crippen molar-refractivity contribution in [3.05, 3.63) is 224 Å². The highest BCUT2D eigenvalue weighted by Gasteiger charge is 2.17. The van der Waals surface area contributed by atoms with Gasteiger partial charge in [0, 0.05) is 37.2 Å². The molecule has 0 atom stereocenters. The Kier molecular flexibility index (Phi) is 8.42. The fourth-order valence-electron chi connectivity index (χ4n) is 8.57. The number of thiophene rings is 1. The average Bonchev–Trinajstić information content (AvgIpc) is 3.68. The number of nitrogens with zero attached hydrogens (tertiary/aromatic N) is 1. The maximum Gasteiger partial charge on any atom is 0.0467 e. The minimum atomic E-state index is 1.10. The molecule has 0 saturated heterocycles. The number of hydrogen-bond donors (Lipinski definition) is 0.